The summed E-state index contributed by atoms with van der Waals surface area (Å²) in [5, 5.41) is -0.226. The Labute approximate surface area is 211 Å². The van der Waals surface area contributed by atoms with Crippen LogP contribution >= 0.6 is 11.8 Å². The van der Waals surface area contributed by atoms with Crippen LogP contribution in [0.4, 0.5) is 0 Å². The van der Waals surface area contributed by atoms with Crippen molar-refractivity contribution in [3.8, 4) is 0 Å². The first-order valence-corrected chi connectivity index (χ1v) is 14.1. The van der Waals surface area contributed by atoms with Gasteiger partial charge in [-0.05, 0) is 68.6 Å². The SMILES string of the molecule is CCSC(=O)C1=C2CCC(C)C23C(=O)C(OC)(OC)C1(C)C(OS(=O)(=O)c1ccc(C)cc1)=C3C. The summed E-state index contributed by atoms with van der Waals surface area (Å²) in [6.45, 7) is 9.04. The van der Waals surface area contributed by atoms with Gasteiger partial charge in [0.25, 0.3) is 0 Å². The van der Waals surface area contributed by atoms with Crippen LogP contribution in [0.5, 0.6) is 0 Å². The predicted octanol–water partition coefficient (Wildman–Crippen LogP) is 4.56. The fraction of sp³-hybridized carbons (Fsp3) is 0.538. The van der Waals surface area contributed by atoms with Gasteiger partial charge in [0.05, 0.1) is 5.41 Å². The summed E-state index contributed by atoms with van der Waals surface area (Å²) in [4.78, 5) is 27.9. The second kappa shape index (κ2) is 8.57. The van der Waals surface area contributed by atoms with Crippen molar-refractivity contribution < 1.29 is 31.7 Å². The van der Waals surface area contributed by atoms with E-state index in [9.17, 15) is 18.0 Å². The van der Waals surface area contributed by atoms with Crippen molar-refractivity contribution in [3.63, 3.8) is 0 Å². The molecule has 0 amide bonds. The normalized spacial score (nSPS) is 29.6. The molecule has 1 aromatic carbocycles. The van der Waals surface area contributed by atoms with E-state index in [0.29, 0.717) is 29.7 Å². The lowest BCUT2D eigenvalue weighted by Gasteiger charge is -2.59. The van der Waals surface area contributed by atoms with Gasteiger partial charge >= 0.3 is 10.1 Å². The van der Waals surface area contributed by atoms with E-state index in [1.165, 1.54) is 26.4 Å². The standard InChI is InChI=1S/C26H32O7S2/c1-8-34-22(27)20-19-14-11-16(3)25(19)17(4)21(24(20,5)26(31-6,32-7)23(25)28)33-35(29,30)18-12-9-15(2)10-13-18/h9-10,12-13,16H,8,11,14H2,1-7H3. The Balaban J connectivity index is 2.05. The van der Waals surface area contributed by atoms with Crippen molar-refractivity contribution in [2.24, 2.45) is 16.7 Å². The number of aryl methyl sites for hydroxylation is 1. The molecule has 0 N–H and O–H groups in total. The quantitative estimate of drug-likeness (QED) is 0.381. The van der Waals surface area contributed by atoms with Crippen LogP contribution in [0.1, 0.15) is 46.1 Å². The molecule has 5 rings (SSSR count). The van der Waals surface area contributed by atoms with Crippen LogP contribution in [-0.2, 0) is 33.4 Å². The molecule has 35 heavy (non-hydrogen) atoms. The molecule has 4 aliphatic carbocycles. The maximum absolute atomic E-state index is 14.3. The molecule has 1 aromatic rings. The molecule has 7 nitrogen and oxygen atoms in total. The second-order valence-electron chi connectivity index (χ2n) is 9.61. The summed E-state index contributed by atoms with van der Waals surface area (Å²) in [5.74, 6) is -1.89. The van der Waals surface area contributed by atoms with E-state index < -0.39 is 26.7 Å². The number of hydrogen-bond donors (Lipinski definition) is 0. The fourth-order valence-corrected chi connectivity index (χ4v) is 8.32. The van der Waals surface area contributed by atoms with Gasteiger partial charge in [-0.2, -0.15) is 8.42 Å². The predicted molar refractivity (Wildman–Crippen MR) is 133 cm³/mol. The van der Waals surface area contributed by atoms with Crippen LogP contribution in [0.15, 0.2) is 51.6 Å². The number of ether oxygens (including phenoxy) is 2. The number of hydrogen-bond acceptors (Lipinski definition) is 8. The lowest BCUT2D eigenvalue weighted by molar-refractivity contribution is -0.258. The van der Waals surface area contributed by atoms with Crippen molar-refractivity contribution in [1.82, 2.24) is 0 Å². The molecule has 0 saturated heterocycles. The van der Waals surface area contributed by atoms with Gasteiger partial charge in [0.15, 0.2) is 0 Å². The van der Waals surface area contributed by atoms with Gasteiger partial charge in [-0.3, -0.25) is 9.59 Å². The summed E-state index contributed by atoms with van der Waals surface area (Å²) in [6, 6.07) is 6.33. The highest BCUT2D eigenvalue weighted by Crippen LogP contribution is 2.71. The molecule has 0 radical (unpaired) electrons. The Kier molecular flexibility index (Phi) is 6.40. The Bertz CT molecular complexity index is 1250. The van der Waals surface area contributed by atoms with Gasteiger partial charge in [-0.1, -0.05) is 43.3 Å². The Morgan fingerprint density at radius 1 is 1.14 bits per heavy atom. The van der Waals surface area contributed by atoms with E-state index in [4.69, 9.17) is 13.7 Å². The molecule has 1 fully saturated rings. The first-order valence-electron chi connectivity index (χ1n) is 11.7. The lowest BCUT2D eigenvalue weighted by atomic mass is 9.47. The van der Waals surface area contributed by atoms with Crippen molar-refractivity contribution in [2.45, 2.75) is 58.1 Å². The first-order chi connectivity index (χ1) is 16.4. The minimum atomic E-state index is -4.29. The van der Waals surface area contributed by atoms with Crippen molar-refractivity contribution in [3.05, 3.63) is 52.3 Å². The summed E-state index contributed by atoms with van der Waals surface area (Å²) < 4.78 is 44.5. The van der Waals surface area contributed by atoms with Crippen LogP contribution in [0.2, 0.25) is 0 Å². The molecular weight excluding hydrogens is 488 g/mol. The molecule has 1 saturated carbocycles. The highest BCUT2D eigenvalue weighted by Gasteiger charge is 2.78. The largest absolute Gasteiger partial charge is 0.382 e. The topological polar surface area (TPSA) is 96.0 Å². The Morgan fingerprint density at radius 3 is 2.29 bits per heavy atom. The van der Waals surface area contributed by atoms with E-state index in [2.05, 4.69) is 0 Å². The van der Waals surface area contributed by atoms with Gasteiger partial charge < -0.3 is 13.7 Å². The zero-order valence-electron chi connectivity index (χ0n) is 21.2. The monoisotopic (exact) mass is 520 g/mol. The van der Waals surface area contributed by atoms with Gasteiger partial charge in [0.1, 0.15) is 16.1 Å². The van der Waals surface area contributed by atoms with Crippen molar-refractivity contribution in [1.29, 1.82) is 0 Å². The average molecular weight is 521 g/mol. The highest BCUT2D eigenvalue weighted by atomic mass is 32.2. The van der Waals surface area contributed by atoms with Crippen LogP contribution in [0.3, 0.4) is 0 Å². The van der Waals surface area contributed by atoms with Gasteiger partial charge in [-0.15, -0.1) is 0 Å². The third kappa shape index (κ3) is 3.14. The van der Waals surface area contributed by atoms with Crippen molar-refractivity contribution >= 4 is 32.8 Å². The lowest BCUT2D eigenvalue weighted by Crippen LogP contribution is -2.70. The van der Waals surface area contributed by atoms with Gasteiger partial charge in [0.2, 0.25) is 16.7 Å². The third-order valence-corrected chi connectivity index (χ3v) is 10.1. The minimum absolute atomic E-state index is 0.0165. The smallest absolute Gasteiger partial charge is 0.338 e. The third-order valence-electron chi connectivity index (χ3n) is 8.10. The zero-order chi connectivity index (χ0) is 26.0. The Hall–Kier alpha value is -1.94. The van der Waals surface area contributed by atoms with E-state index in [0.717, 1.165) is 22.9 Å². The number of allylic oxidation sites excluding steroid dienone is 2. The molecule has 190 valence electrons. The number of rotatable bonds is 7. The second-order valence-corrected chi connectivity index (χ2v) is 12.4. The first kappa shape index (κ1) is 26.1. The van der Waals surface area contributed by atoms with Crippen LogP contribution in [0.25, 0.3) is 0 Å². The summed E-state index contributed by atoms with van der Waals surface area (Å²) in [6.07, 6.45) is 1.23. The number of carbonyl (C=O) groups excluding carboxylic acids is 2. The highest BCUT2D eigenvalue weighted by molar-refractivity contribution is 8.14. The molecule has 3 atom stereocenters. The molecule has 9 heteroatoms. The maximum atomic E-state index is 14.3. The van der Waals surface area contributed by atoms with Crippen LogP contribution in [-0.4, -0.2) is 45.1 Å². The maximum Gasteiger partial charge on any atom is 0.338 e. The van der Waals surface area contributed by atoms with Gasteiger partial charge in [0, 0.05) is 19.8 Å². The van der Waals surface area contributed by atoms with E-state index in [1.54, 1.807) is 26.0 Å². The van der Waals surface area contributed by atoms with E-state index in [1.807, 2.05) is 20.8 Å². The molecule has 3 unspecified atom stereocenters. The minimum Gasteiger partial charge on any atom is -0.382 e. The van der Waals surface area contributed by atoms with Gasteiger partial charge in [-0.25, -0.2) is 0 Å². The molecule has 0 aliphatic heterocycles. The average Bonchev–Trinajstić information content (AvgIpc) is 3.15. The number of fused-ring (bicyclic) bond motifs is 1. The molecule has 1 spiro atoms. The van der Waals surface area contributed by atoms with Crippen LogP contribution < -0.4 is 0 Å². The number of Topliss-reactive ketones (excluding diaryl/α,β-unsaturated/α-hetero) is 1. The molecule has 4 aliphatic rings. The summed E-state index contributed by atoms with van der Waals surface area (Å²) in [7, 11) is -1.59. The number of thioether (sulfide) groups is 1. The molecule has 0 heterocycles. The fourth-order valence-electron chi connectivity index (χ4n) is 6.51. The van der Waals surface area contributed by atoms with Crippen LogP contribution in [0, 0.1) is 23.7 Å². The number of methoxy groups -OCH3 is 2. The Morgan fingerprint density at radius 2 is 1.74 bits per heavy atom. The number of carbonyl (C=O) groups is 2. The summed E-state index contributed by atoms with van der Waals surface area (Å²) in [5.41, 5.74) is -0.329. The number of ketones is 1. The molecule has 0 aromatic heterocycles. The van der Waals surface area contributed by atoms with E-state index in [-0.39, 0.29) is 27.5 Å². The van der Waals surface area contributed by atoms with Crippen molar-refractivity contribution in [2.75, 3.05) is 20.0 Å². The summed E-state index contributed by atoms with van der Waals surface area (Å²) >= 11 is 1.12. The molecule has 2 bridgehead atoms. The zero-order valence-corrected chi connectivity index (χ0v) is 22.8. The number of benzene rings is 1. The van der Waals surface area contributed by atoms with E-state index >= 15 is 0 Å². The molecular formula is C26H32O7S2.